The fraction of sp³-hybridized carbons (Fsp3) is 0.278. The highest BCUT2D eigenvalue weighted by atomic mass is 35.5. The van der Waals surface area contributed by atoms with Gasteiger partial charge in [0.25, 0.3) is 0 Å². The van der Waals surface area contributed by atoms with Crippen molar-refractivity contribution in [3.63, 3.8) is 0 Å². The monoisotopic (exact) mass is 365 g/mol. The van der Waals surface area contributed by atoms with E-state index in [0.717, 1.165) is 5.69 Å². The summed E-state index contributed by atoms with van der Waals surface area (Å²) in [6.45, 7) is 2.71. The van der Waals surface area contributed by atoms with Gasteiger partial charge in [0.05, 0.1) is 11.6 Å². The van der Waals surface area contributed by atoms with Gasteiger partial charge in [-0.15, -0.1) is 0 Å². The fourth-order valence-electron chi connectivity index (χ4n) is 2.76. The molecule has 0 aliphatic carbocycles. The minimum Gasteiger partial charge on any atom is -0.376 e. The number of carbonyl (C=O) groups excluding carboxylic acids is 1. The lowest BCUT2D eigenvalue weighted by atomic mass is 10.2. The first-order chi connectivity index (χ1) is 12.0. The summed E-state index contributed by atoms with van der Waals surface area (Å²) < 4.78 is 26.1. The van der Waals surface area contributed by atoms with Crippen LogP contribution in [0.25, 0.3) is 0 Å². The Morgan fingerprint density at radius 3 is 2.36 bits per heavy atom. The van der Waals surface area contributed by atoms with Crippen LogP contribution in [0.4, 0.5) is 20.2 Å². The van der Waals surface area contributed by atoms with Crippen LogP contribution in [0, 0.1) is 11.6 Å². The zero-order chi connectivity index (χ0) is 17.8. The van der Waals surface area contributed by atoms with E-state index in [0.29, 0.717) is 31.9 Å². The van der Waals surface area contributed by atoms with E-state index in [2.05, 4.69) is 10.2 Å². The number of nitrogens with zero attached hydrogens (tertiary/aromatic N) is 2. The number of hydrogen-bond acceptors (Lipinski definition) is 3. The lowest BCUT2D eigenvalue weighted by Gasteiger charge is -2.36. The van der Waals surface area contributed by atoms with Crippen LogP contribution in [0.5, 0.6) is 0 Å². The topological polar surface area (TPSA) is 35.6 Å². The molecule has 1 saturated heterocycles. The van der Waals surface area contributed by atoms with Gasteiger partial charge in [0.2, 0.25) is 5.91 Å². The van der Waals surface area contributed by atoms with Gasteiger partial charge < -0.3 is 15.1 Å². The second kappa shape index (κ2) is 7.70. The largest absolute Gasteiger partial charge is 0.376 e. The maximum absolute atomic E-state index is 13.1. The summed E-state index contributed by atoms with van der Waals surface area (Å²) in [5, 5.41) is 2.98. The predicted octanol–water partition coefficient (Wildman–Crippen LogP) is 3.38. The van der Waals surface area contributed by atoms with E-state index in [1.807, 2.05) is 0 Å². The summed E-state index contributed by atoms with van der Waals surface area (Å²) in [4.78, 5) is 16.2. The molecule has 4 nitrogen and oxygen atoms in total. The Labute approximate surface area is 150 Å². The van der Waals surface area contributed by atoms with Crippen molar-refractivity contribution >= 4 is 28.9 Å². The molecule has 1 fully saturated rings. The van der Waals surface area contributed by atoms with Gasteiger partial charge >= 0.3 is 0 Å². The normalized spacial score (nSPS) is 14.5. The molecule has 132 valence electrons. The summed E-state index contributed by atoms with van der Waals surface area (Å²) >= 11 is 5.72. The Bertz CT molecular complexity index is 746. The molecule has 0 radical (unpaired) electrons. The van der Waals surface area contributed by atoms with Crippen LogP contribution in [-0.2, 0) is 4.79 Å². The number of benzene rings is 2. The SMILES string of the molecule is O=C(CNc1ccc(F)c(Cl)c1)N1CCN(c2ccc(F)cc2)CC1. The van der Waals surface area contributed by atoms with Crippen molar-refractivity contribution in [3.8, 4) is 0 Å². The molecular formula is C18H18ClF2N3O. The smallest absolute Gasteiger partial charge is 0.241 e. The molecule has 1 amide bonds. The summed E-state index contributed by atoms with van der Waals surface area (Å²) in [5.41, 5.74) is 1.55. The number of amides is 1. The van der Waals surface area contributed by atoms with Crippen molar-refractivity contribution in [1.82, 2.24) is 4.90 Å². The molecule has 0 spiro atoms. The Balaban J connectivity index is 1.49. The van der Waals surface area contributed by atoms with Crippen LogP contribution in [0.15, 0.2) is 42.5 Å². The van der Waals surface area contributed by atoms with Crippen molar-refractivity contribution in [2.75, 3.05) is 42.9 Å². The Hall–Kier alpha value is -2.34. The van der Waals surface area contributed by atoms with Crippen LogP contribution >= 0.6 is 11.6 Å². The molecule has 0 unspecified atom stereocenters. The zero-order valence-corrected chi connectivity index (χ0v) is 14.3. The standard InChI is InChI=1S/C18H18ClF2N3O/c19-16-11-14(3-6-17(16)21)22-12-18(25)24-9-7-23(8-10-24)15-4-1-13(20)2-5-15/h1-6,11,22H,7-10,12H2. The van der Waals surface area contributed by atoms with Gasteiger partial charge in [-0.1, -0.05) is 11.6 Å². The van der Waals surface area contributed by atoms with Crippen LogP contribution in [0.1, 0.15) is 0 Å². The number of halogens is 3. The van der Waals surface area contributed by atoms with Crippen LogP contribution in [-0.4, -0.2) is 43.5 Å². The Kier molecular flexibility index (Phi) is 5.38. The van der Waals surface area contributed by atoms with E-state index in [4.69, 9.17) is 11.6 Å². The Morgan fingerprint density at radius 1 is 1.04 bits per heavy atom. The molecule has 1 heterocycles. The van der Waals surface area contributed by atoms with E-state index in [1.54, 1.807) is 23.1 Å². The molecule has 1 aliphatic heterocycles. The average Bonchev–Trinajstić information content (AvgIpc) is 2.63. The highest BCUT2D eigenvalue weighted by molar-refractivity contribution is 6.31. The summed E-state index contributed by atoms with van der Waals surface area (Å²) in [6.07, 6.45) is 0. The van der Waals surface area contributed by atoms with E-state index >= 15 is 0 Å². The molecule has 2 aromatic rings. The van der Waals surface area contributed by atoms with Crippen LogP contribution in [0.3, 0.4) is 0 Å². The van der Waals surface area contributed by atoms with Crippen molar-refractivity contribution in [3.05, 3.63) is 59.1 Å². The number of anilines is 2. The maximum Gasteiger partial charge on any atom is 0.241 e. The highest BCUT2D eigenvalue weighted by Crippen LogP contribution is 2.20. The first-order valence-electron chi connectivity index (χ1n) is 8.00. The van der Waals surface area contributed by atoms with Gasteiger partial charge in [-0.3, -0.25) is 4.79 Å². The molecule has 0 bridgehead atoms. The molecule has 25 heavy (non-hydrogen) atoms. The van der Waals surface area contributed by atoms with E-state index in [9.17, 15) is 13.6 Å². The van der Waals surface area contributed by atoms with Crippen LogP contribution in [0.2, 0.25) is 5.02 Å². The van der Waals surface area contributed by atoms with Gasteiger partial charge in [0, 0.05) is 37.6 Å². The van der Waals surface area contributed by atoms with Crippen LogP contribution < -0.4 is 10.2 Å². The minimum atomic E-state index is -0.490. The lowest BCUT2D eigenvalue weighted by molar-refractivity contribution is -0.129. The highest BCUT2D eigenvalue weighted by Gasteiger charge is 2.21. The minimum absolute atomic E-state index is 0.0189. The first kappa shape index (κ1) is 17.5. The second-order valence-corrected chi connectivity index (χ2v) is 6.23. The fourth-order valence-corrected chi connectivity index (χ4v) is 2.94. The molecule has 1 N–H and O–H groups in total. The van der Waals surface area contributed by atoms with Crippen molar-refractivity contribution in [1.29, 1.82) is 0 Å². The quantitative estimate of drug-likeness (QED) is 0.902. The van der Waals surface area contributed by atoms with Crippen molar-refractivity contribution < 1.29 is 13.6 Å². The van der Waals surface area contributed by atoms with Crippen molar-refractivity contribution in [2.24, 2.45) is 0 Å². The molecule has 0 atom stereocenters. The molecular weight excluding hydrogens is 348 g/mol. The van der Waals surface area contributed by atoms with Crippen molar-refractivity contribution in [2.45, 2.75) is 0 Å². The zero-order valence-electron chi connectivity index (χ0n) is 13.5. The Morgan fingerprint density at radius 2 is 1.72 bits per heavy atom. The summed E-state index contributed by atoms with van der Waals surface area (Å²) in [7, 11) is 0. The molecule has 0 aromatic heterocycles. The maximum atomic E-state index is 13.1. The number of piperazine rings is 1. The molecule has 2 aromatic carbocycles. The van der Waals surface area contributed by atoms with E-state index in [1.165, 1.54) is 24.3 Å². The third-order valence-corrected chi connectivity index (χ3v) is 4.48. The molecule has 0 saturated carbocycles. The lowest BCUT2D eigenvalue weighted by Crippen LogP contribution is -2.50. The van der Waals surface area contributed by atoms with Gasteiger partial charge in [-0.25, -0.2) is 8.78 Å². The summed E-state index contributed by atoms with van der Waals surface area (Å²) in [5.74, 6) is -0.779. The molecule has 7 heteroatoms. The third-order valence-electron chi connectivity index (χ3n) is 4.19. The number of nitrogens with one attached hydrogen (secondary N) is 1. The number of rotatable bonds is 4. The number of hydrogen-bond donors (Lipinski definition) is 1. The molecule has 3 rings (SSSR count). The first-order valence-corrected chi connectivity index (χ1v) is 8.38. The average molecular weight is 366 g/mol. The summed E-state index contributed by atoms with van der Waals surface area (Å²) in [6, 6.07) is 10.6. The van der Waals surface area contributed by atoms with Gasteiger partial charge in [0.1, 0.15) is 11.6 Å². The second-order valence-electron chi connectivity index (χ2n) is 5.83. The predicted molar refractivity (Wildman–Crippen MR) is 95.1 cm³/mol. The van der Waals surface area contributed by atoms with Gasteiger partial charge in [-0.2, -0.15) is 0 Å². The molecule has 1 aliphatic rings. The van der Waals surface area contributed by atoms with E-state index in [-0.39, 0.29) is 23.3 Å². The van der Waals surface area contributed by atoms with Gasteiger partial charge in [0.15, 0.2) is 0 Å². The third kappa shape index (κ3) is 4.39. The van der Waals surface area contributed by atoms with Gasteiger partial charge in [-0.05, 0) is 42.5 Å². The van der Waals surface area contributed by atoms with E-state index < -0.39 is 5.82 Å². The number of carbonyl (C=O) groups is 1.